The van der Waals surface area contributed by atoms with Crippen LogP contribution in [0.3, 0.4) is 0 Å². The molecule has 0 unspecified atom stereocenters. The fourth-order valence-corrected chi connectivity index (χ4v) is 2.44. The van der Waals surface area contributed by atoms with Gasteiger partial charge in [0.05, 0.1) is 0 Å². The topological polar surface area (TPSA) is 46.5 Å². The Morgan fingerprint density at radius 1 is 1.38 bits per heavy atom. The number of hydrogen-bond donors (Lipinski definition) is 1. The maximum Gasteiger partial charge on any atom is 0.348 e. The van der Waals surface area contributed by atoms with E-state index in [0.29, 0.717) is 18.6 Å². The van der Waals surface area contributed by atoms with Crippen LogP contribution >= 0.6 is 15.9 Å². The minimum Gasteiger partial charge on any atom is -0.478 e. The quantitative estimate of drug-likeness (QED) is 0.927. The van der Waals surface area contributed by atoms with E-state index in [1.165, 1.54) is 0 Å². The summed E-state index contributed by atoms with van der Waals surface area (Å²) in [6, 6.07) is 7.30. The molecule has 1 aromatic carbocycles. The molecule has 0 spiro atoms. The Hall–Kier alpha value is -1.03. The van der Waals surface area contributed by atoms with Crippen LogP contribution in [-0.4, -0.2) is 16.7 Å². The van der Waals surface area contributed by atoms with Crippen LogP contribution in [0.1, 0.15) is 25.7 Å². The van der Waals surface area contributed by atoms with Gasteiger partial charge < -0.3 is 9.84 Å². The lowest BCUT2D eigenvalue weighted by atomic mass is 10.0. The van der Waals surface area contributed by atoms with Crippen molar-refractivity contribution in [2.75, 3.05) is 0 Å². The zero-order valence-corrected chi connectivity index (χ0v) is 10.4. The first-order valence-corrected chi connectivity index (χ1v) is 6.10. The highest BCUT2D eigenvalue weighted by molar-refractivity contribution is 9.10. The van der Waals surface area contributed by atoms with Crippen LogP contribution in [-0.2, 0) is 4.79 Å². The average Bonchev–Trinajstić information content (AvgIpc) is 2.67. The summed E-state index contributed by atoms with van der Waals surface area (Å²) in [6.45, 7) is 0. The normalized spacial score (nSPS) is 18.3. The Balaban J connectivity index is 2.21. The summed E-state index contributed by atoms with van der Waals surface area (Å²) >= 11 is 3.34. The zero-order chi connectivity index (χ0) is 11.6. The van der Waals surface area contributed by atoms with Crippen LogP contribution in [0, 0.1) is 0 Å². The molecule has 3 nitrogen and oxygen atoms in total. The van der Waals surface area contributed by atoms with E-state index in [9.17, 15) is 9.90 Å². The van der Waals surface area contributed by atoms with Crippen molar-refractivity contribution in [3.8, 4) is 5.75 Å². The molecule has 1 fully saturated rings. The Morgan fingerprint density at radius 3 is 2.62 bits per heavy atom. The molecule has 0 atom stereocenters. The number of rotatable bonds is 3. The Kier molecular flexibility index (Phi) is 3.19. The van der Waals surface area contributed by atoms with Gasteiger partial charge in [-0.2, -0.15) is 0 Å². The second-order valence-electron chi connectivity index (χ2n) is 4.07. The maximum atomic E-state index is 11.3. The van der Waals surface area contributed by atoms with E-state index in [0.717, 1.165) is 17.3 Å². The molecule has 2 rings (SSSR count). The minimum absolute atomic E-state index is 0.592. The smallest absolute Gasteiger partial charge is 0.348 e. The summed E-state index contributed by atoms with van der Waals surface area (Å²) < 4.78 is 6.57. The molecular formula is C12H13BrO3. The first-order valence-electron chi connectivity index (χ1n) is 5.30. The van der Waals surface area contributed by atoms with E-state index in [2.05, 4.69) is 15.9 Å². The molecule has 1 aromatic rings. The van der Waals surface area contributed by atoms with Gasteiger partial charge in [0.25, 0.3) is 0 Å². The third-order valence-electron chi connectivity index (χ3n) is 2.91. The highest BCUT2D eigenvalue weighted by Crippen LogP contribution is 2.35. The Morgan fingerprint density at radius 2 is 2.06 bits per heavy atom. The van der Waals surface area contributed by atoms with E-state index < -0.39 is 11.6 Å². The Bertz CT molecular complexity index is 397. The molecule has 16 heavy (non-hydrogen) atoms. The van der Waals surface area contributed by atoms with E-state index in [-0.39, 0.29) is 0 Å². The Labute approximate surface area is 103 Å². The van der Waals surface area contributed by atoms with Gasteiger partial charge >= 0.3 is 5.97 Å². The van der Waals surface area contributed by atoms with Gasteiger partial charge in [0.15, 0.2) is 0 Å². The van der Waals surface area contributed by atoms with Gasteiger partial charge in [-0.3, -0.25) is 0 Å². The standard InChI is InChI=1S/C12H13BrO3/c13-9-4-3-5-10(8-9)16-12(11(14)15)6-1-2-7-12/h3-5,8H,1-2,6-7H2,(H,14,15). The fraction of sp³-hybridized carbons (Fsp3) is 0.417. The van der Waals surface area contributed by atoms with Crippen LogP contribution in [0.25, 0.3) is 0 Å². The minimum atomic E-state index is -1.01. The van der Waals surface area contributed by atoms with Crippen LogP contribution in [0.15, 0.2) is 28.7 Å². The van der Waals surface area contributed by atoms with Gasteiger partial charge in [-0.05, 0) is 43.9 Å². The lowest BCUT2D eigenvalue weighted by Gasteiger charge is -2.25. The van der Waals surface area contributed by atoms with E-state index in [4.69, 9.17) is 4.74 Å². The number of carboxylic acid groups (broad SMARTS) is 1. The molecule has 1 saturated carbocycles. The third kappa shape index (κ3) is 2.21. The van der Waals surface area contributed by atoms with Crippen LogP contribution in [0.2, 0.25) is 0 Å². The molecule has 0 amide bonds. The number of ether oxygens (including phenoxy) is 1. The second-order valence-corrected chi connectivity index (χ2v) is 4.98. The molecule has 1 aliphatic rings. The molecule has 0 saturated heterocycles. The van der Waals surface area contributed by atoms with Crippen LogP contribution in [0.4, 0.5) is 0 Å². The molecule has 86 valence electrons. The molecule has 0 radical (unpaired) electrons. The molecule has 0 bridgehead atoms. The van der Waals surface area contributed by atoms with Gasteiger partial charge in [0.2, 0.25) is 5.60 Å². The van der Waals surface area contributed by atoms with Crippen molar-refractivity contribution >= 4 is 21.9 Å². The highest BCUT2D eigenvalue weighted by atomic mass is 79.9. The van der Waals surface area contributed by atoms with Gasteiger partial charge in [-0.15, -0.1) is 0 Å². The summed E-state index contributed by atoms with van der Waals surface area (Å²) in [5.74, 6) is -0.247. The predicted octanol–water partition coefficient (Wildman–Crippen LogP) is 3.23. The van der Waals surface area contributed by atoms with Crippen molar-refractivity contribution in [2.45, 2.75) is 31.3 Å². The molecule has 4 heteroatoms. The van der Waals surface area contributed by atoms with Crippen molar-refractivity contribution < 1.29 is 14.6 Å². The van der Waals surface area contributed by atoms with Gasteiger partial charge in [0, 0.05) is 4.47 Å². The summed E-state index contributed by atoms with van der Waals surface area (Å²) in [7, 11) is 0. The van der Waals surface area contributed by atoms with Crippen molar-refractivity contribution in [1.29, 1.82) is 0 Å². The number of halogens is 1. The van der Waals surface area contributed by atoms with Crippen molar-refractivity contribution in [2.24, 2.45) is 0 Å². The lowest BCUT2D eigenvalue weighted by molar-refractivity contribution is -0.154. The molecular weight excluding hydrogens is 272 g/mol. The van der Waals surface area contributed by atoms with Crippen LogP contribution < -0.4 is 4.74 Å². The van der Waals surface area contributed by atoms with Crippen LogP contribution in [0.5, 0.6) is 5.75 Å². The predicted molar refractivity (Wildman–Crippen MR) is 63.6 cm³/mol. The summed E-state index contributed by atoms with van der Waals surface area (Å²) in [6.07, 6.45) is 3.02. The summed E-state index contributed by atoms with van der Waals surface area (Å²) in [4.78, 5) is 11.3. The SMILES string of the molecule is O=C(O)C1(Oc2cccc(Br)c2)CCCC1. The maximum absolute atomic E-state index is 11.3. The molecule has 1 aliphatic carbocycles. The number of carboxylic acids is 1. The van der Waals surface area contributed by atoms with Gasteiger partial charge in [-0.1, -0.05) is 22.0 Å². The number of aliphatic carboxylic acids is 1. The van der Waals surface area contributed by atoms with E-state index in [1.807, 2.05) is 12.1 Å². The van der Waals surface area contributed by atoms with E-state index in [1.54, 1.807) is 12.1 Å². The number of benzene rings is 1. The first-order chi connectivity index (χ1) is 7.62. The summed E-state index contributed by atoms with van der Waals surface area (Å²) in [5, 5.41) is 9.26. The number of hydrogen-bond acceptors (Lipinski definition) is 2. The molecule has 0 aromatic heterocycles. The van der Waals surface area contributed by atoms with Crippen molar-refractivity contribution in [3.63, 3.8) is 0 Å². The van der Waals surface area contributed by atoms with Crippen molar-refractivity contribution in [1.82, 2.24) is 0 Å². The highest BCUT2D eigenvalue weighted by Gasteiger charge is 2.43. The van der Waals surface area contributed by atoms with Crippen molar-refractivity contribution in [3.05, 3.63) is 28.7 Å². The van der Waals surface area contributed by atoms with E-state index >= 15 is 0 Å². The largest absolute Gasteiger partial charge is 0.478 e. The second kappa shape index (κ2) is 4.45. The fourth-order valence-electron chi connectivity index (χ4n) is 2.06. The van der Waals surface area contributed by atoms with Gasteiger partial charge in [0.1, 0.15) is 5.75 Å². The molecule has 0 heterocycles. The molecule has 0 aliphatic heterocycles. The first kappa shape index (κ1) is 11.5. The summed E-state index contributed by atoms with van der Waals surface area (Å²) in [5.41, 5.74) is -1.01. The number of carbonyl (C=O) groups is 1. The third-order valence-corrected chi connectivity index (χ3v) is 3.40. The average molecular weight is 285 g/mol. The van der Waals surface area contributed by atoms with Gasteiger partial charge in [-0.25, -0.2) is 4.79 Å². The monoisotopic (exact) mass is 284 g/mol. The lowest BCUT2D eigenvalue weighted by Crippen LogP contribution is -2.41. The molecule has 1 N–H and O–H groups in total. The zero-order valence-electron chi connectivity index (χ0n) is 8.78.